The summed E-state index contributed by atoms with van der Waals surface area (Å²) in [5, 5.41) is 3.40. The Bertz CT molecular complexity index is 375. The maximum absolute atomic E-state index is 4.41. The van der Waals surface area contributed by atoms with Gasteiger partial charge in [-0.1, -0.05) is 0 Å². The zero-order valence-electron chi connectivity index (χ0n) is 9.69. The van der Waals surface area contributed by atoms with Crippen LogP contribution in [-0.4, -0.2) is 35.6 Å². The van der Waals surface area contributed by atoms with Crippen LogP contribution in [0.15, 0.2) is 12.4 Å². The molecule has 86 valence electrons. The Morgan fingerprint density at radius 1 is 1.38 bits per heavy atom. The molecule has 1 aliphatic heterocycles. The SMILES string of the molecule is C[C@H]1CNCCN1c1cc(C2CC2)ncn1. The van der Waals surface area contributed by atoms with Crippen LogP contribution in [0.3, 0.4) is 0 Å². The summed E-state index contributed by atoms with van der Waals surface area (Å²) in [6.45, 7) is 5.38. The Hall–Kier alpha value is -1.16. The van der Waals surface area contributed by atoms with Gasteiger partial charge >= 0.3 is 0 Å². The predicted molar refractivity (Wildman–Crippen MR) is 63.7 cm³/mol. The zero-order chi connectivity index (χ0) is 11.0. The van der Waals surface area contributed by atoms with E-state index >= 15 is 0 Å². The minimum atomic E-state index is 0.524. The van der Waals surface area contributed by atoms with Crippen LogP contribution in [0.25, 0.3) is 0 Å². The lowest BCUT2D eigenvalue weighted by Gasteiger charge is -2.34. The molecule has 0 amide bonds. The monoisotopic (exact) mass is 218 g/mol. The van der Waals surface area contributed by atoms with E-state index in [-0.39, 0.29) is 0 Å². The summed E-state index contributed by atoms with van der Waals surface area (Å²) in [6.07, 6.45) is 4.32. The van der Waals surface area contributed by atoms with Crippen molar-refractivity contribution >= 4 is 5.82 Å². The Morgan fingerprint density at radius 2 is 2.25 bits per heavy atom. The fraction of sp³-hybridized carbons (Fsp3) is 0.667. The Kier molecular flexibility index (Phi) is 2.52. The van der Waals surface area contributed by atoms with Crippen molar-refractivity contribution in [3.63, 3.8) is 0 Å². The summed E-state index contributed by atoms with van der Waals surface area (Å²) in [5.41, 5.74) is 1.23. The summed E-state index contributed by atoms with van der Waals surface area (Å²) in [7, 11) is 0. The second-order valence-electron chi connectivity index (χ2n) is 4.82. The van der Waals surface area contributed by atoms with Crippen LogP contribution < -0.4 is 10.2 Å². The molecule has 0 unspecified atom stereocenters. The van der Waals surface area contributed by atoms with Crippen molar-refractivity contribution in [1.29, 1.82) is 0 Å². The topological polar surface area (TPSA) is 41.0 Å². The van der Waals surface area contributed by atoms with Crippen molar-refractivity contribution in [3.05, 3.63) is 18.1 Å². The lowest BCUT2D eigenvalue weighted by molar-refractivity contribution is 0.496. The number of piperazine rings is 1. The lowest BCUT2D eigenvalue weighted by Crippen LogP contribution is -2.50. The fourth-order valence-corrected chi connectivity index (χ4v) is 2.30. The first-order chi connectivity index (χ1) is 7.84. The van der Waals surface area contributed by atoms with Gasteiger partial charge in [-0.2, -0.15) is 0 Å². The number of rotatable bonds is 2. The Morgan fingerprint density at radius 3 is 3.00 bits per heavy atom. The van der Waals surface area contributed by atoms with E-state index in [2.05, 4.69) is 33.2 Å². The molecule has 1 N–H and O–H groups in total. The molecule has 16 heavy (non-hydrogen) atoms. The van der Waals surface area contributed by atoms with Gasteiger partial charge in [-0.25, -0.2) is 9.97 Å². The van der Waals surface area contributed by atoms with Gasteiger partial charge in [0, 0.05) is 43.4 Å². The molecule has 2 aliphatic rings. The third kappa shape index (κ3) is 1.89. The highest BCUT2D eigenvalue weighted by Gasteiger charge is 2.26. The standard InChI is InChI=1S/C12H18N4/c1-9-7-13-4-5-16(9)12-6-11(10-2-3-10)14-8-15-12/h6,8-10,13H,2-5,7H2,1H3/t9-/m0/s1. The van der Waals surface area contributed by atoms with E-state index in [4.69, 9.17) is 0 Å². The van der Waals surface area contributed by atoms with Crippen molar-refractivity contribution in [2.24, 2.45) is 0 Å². The molecule has 4 heteroatoms. The number of hydrogen-bond donors (Lipinski definition) is 1. The van der Waals surface area contributed by atoms with E-state index in [0.717, 1.165) is 25.5 Å². The normalized spacial score (nSPS) is 25.8. The van der Waals surface area contributed by atoms with E-state index in [9.17, 15) is 0 Å². The third-order valence-corrected chi connectivity index (χ3v) is 3.46. The molecule has 1 atom stereocenters. The maximum atomic E-state index is 4.41. The maximum Gasteiger partial charge on any atom is 0.132 e. The van der Waals surface area contributed by atoms with Crippen LogP contribution in [0.2, 0.25) is 0 Å². The largest absolute Gasteiger partial charge is 0.351 e. The Labute approximate surface area is 96.1 Å². The van der Waals surface area contributed by atoms with Crippen LogP contribution in [0.5, 0.6) is 0 Å². The molecule has 1 saturated heterocycles. The zero-order valence-corrected chi connectivity index (χ0v) is 9.69. The summed E-state index contributed by atoms with van der Waals surface area (Å²) >= 11 is 0. The smallest absolute Gasteiger partial charge is 0.132 e. The van der Waals surface area contributed by atoms with E-state index in [0.29, 0.717) is 12.0 Å². The van der Waals surface area contributed by atoms with E-state index in [1.54, 1.807) is 6.33 Å². The van der Waals surface area contributed by atoms with E-state index < -0.39 is 0 Å². The van der Waals surface area contributed by atoms with Crippen LogP contribution in [0.4, 0.5) is 5.82 Å². The van der Waals surface area contributed by atoms with Gasteiger partial charge < -0.3 is 10.2 Å². The summed E-state index contributed by atoms with van der Waals surface area (Å²) < 4.78 is 0. The Balaban J connectivity index is 1.83. The third-order valence-electron chi connectivity index (χ3n) is 3.46. The van der Waals surface area contributed by atoms with Crippen molar-refractivity contribution in [2.45, 2.75) is 31.7 Å². The first kappa shape index (κ1) is 10.0. The first-order valence-corrected chi connectivity index (χ1v) is 6.14. The molecule has 1 saturated carbocycles. The van der Waals surface area contributed by atoms with Crippen molar-refractivity contribution in [3.8, 4) is 0 Å². The molecule has 0 spiro atoms. The van der Waals surface area contributed by atoms with Crippen molar-refractivity contribution in [1.82, 2.24) is 15.3 Å². The molecule has 0 radical (unpaired) electrons. The second kappa shape index (κ2) is 4.01. The number of nitrogens with zero attached hydrogens (tertiary/aromatic N) is 3. The molecule has 4 nitrogen and oxygen atoms in total. The van der Waals surface area contributed by atoms with Gasteiger partial charge in [-0.15, -0.1) is 0 Å². The molecular weight excluding hydrogens is 200 g/mol. The molecule has 1 aromatic rings. The molecule has 2 fully saturated rings. The van der Waals surface area contributed by atoms with Gasteiger partial charge in [0.1, 0.15) is 12.1 Å². The molecule has 3 rings (SSSR count). The average Bonchev–Trinajstić information content (AvgIpc) is 3.14. The summed E-state index contributed by atoms with van der Waals surface area (Å²) in [6, 6.07) is 2.70. The van der Waals surface area contributed by atoms with Crippen molar-refractivity contribution < 1.29 is 0 Å². The number of hydrogen-bond acceptors (Lipinski definition) is 4. The number of nitrogens with one attached hydrogen (secondary N) is 1. The molecule has 0 bridgehead atoms. The van der Waals surface area contributed by atoms with Crippen LogP contribution >= 0.6 is 0 Å². The predicted octanol–water partition coefficient (Wildman–Crippen LogP) is 1.15. The van der Waals surface area contributed by atoms with E-state index in [1.165, 1.54) is 18.5 Å². The molecule has 1 aromatic heterocycles. The van der Waals surface area contributed by atoms with Gasteiger partial charge in [-0.3, -0.25) is 0 Å². The quantitative estimate of drug-likeness (QED) is 0.808. The number of aromatic nitrogens is 2. The first-order valence-electron chi connectivity index (χ1n) is 6.14. The minimum absolute atomic E-state index is 0.524. The van der Waals surface area contributed by atoms with Gasteiger partial charge in [0.25, 0.3) is 0 Å². The van der Waals surface area contributed by atoms with Gasteiger partial charge in [0.2, 0.25) is 0 Å². The highest BCUT2D eigenvalue weighted by atomic mass is 15.3. The highest BCUT2D eigenvalue weighted by Crippen LogP contribution is 2.39. The minimum Gasteiger partial charge on any atom is -0.351 e. The van der Waals surface area contributed by atoms with Gasteiger partial charge in [0.05, 0.1) is 0 Å². The van der Waals surface area contributed by atoms with Gasteiger partial charge in [-0.05, 0) is 19.8 Å². The van der Waals surface area contributed by atoms with Gasteiger partial charge in [0.15, 0.2) is 0 Å². The van der Waals surface area contributed by atoms with Crippen LogP contribution in [0.1, 0.15) is 31.4 Å². The molecule has 1 aliphatic carbocycles. The highest BCUT2D eigenvalue weighted by molar-refractivity contribution is 5.42. The number of anilines is 1. The van der Waals surface area contributed by atoms with Crippen molar-refractivity contribution in [2.75, 3.05) is 24.5 Å². The summed E-state index contributed by atoms with van der Waals surface area (Å²) in [5.74, 6) is 1.81. The molecule has 0 aromatic carbocycles. The average molecular weight is 218 g/mol. The molecular formula is C12H18N4. The second-order valence-corrected chi connectivity index (χ2v) is 4.82. The fourth-order valence-electron chi connectivity index (χ4n) is 2.30. The molecule has 2 heterocycles. The lowest BCUT2D eigenvalue weighted by atomic mass is 10.2. The summed E-state index contributed by atoms with van der Waals surface area (Å²) in [4.78, 5) is 11.2. The van der Waals surface area contributed by atoms with Crippen LogP contribution in [0, 0.1) is 0 Å². The van der Waals surface area contributed by atoms with E-state index in [1.807, 2.05) is 0 Å². The van der Waals surface area contributed by atoms with Crippen LogP contribution in [-0.2, 0) is 0 Å².